The van der Waals surface area contributed by atoms with Crippen LogP contribution in [0.3, 0.4) is 0 Å². The van der Waals surface area contributed by atoms with Crippen LogP contribution in [0.25, 0.3) is 0 Å². The predicted octanol–water partition coefficient (Wildman–Crippen LogP) is 12.0. The van der Waals surface area contributed by atoms with E-state index in [4.69, 9.17) is 18.5 Å². The van der Waals surface area contributed by atoms with Crippen molar-refractivity contribution in [3.05, 3.63) is 24.3 Å². The number of hydrogen-bond acceptors (Lipinski definition) is 7. The Morgan fingerprint density at radius 3 is 1.53 bits per heavy atom. The average molecular weight is 773 g/mol. The molecule has 9 nitrogen and oxygen atoms in total. The fourth-order valence-electron chi connectivity index (χ4n) is 5.81. The summed E-state index contributed by atoms with van der Waals surface area (Å²) in [6.07, 6.45) is 37.9. The molecule has 0 spiro atoms. The third kappa shape index (κ3) is 40.0. The fourth-order valence-corrected chi connectivity index (χ4v) is 6.55. The zero-order valence-corrected chi connectivity index (χ0v) is 35.9. The maximum Gasteiger partial charge on any atom is 0.472 e. The van der Waals surface area contributed by atoms with Gasteiger partial charge >= 0.3 is 19.8 Å². The molecule has 1 N–H and O–H groups in total. The topological polar surface area (TPSA) is 108 Å². The molecule has 0 fully saturated rings. The third-order valence-electron chi connectivity index (χ3n) is 9.23. The molecule has 0 saturated carbocycles. The van der Waals surface area contributed by atoms with Gasteiger partial charge in [-0.1, -0.05) is 154 Å². The first-order valence-corrected chi connectivity index (χ1v) is 23.1. The number of unbranched alkanes of at least 4 members (excludes halogenated alkanes) is 21. The molecule has 0 aliphatic rings. The Bertz CT molecular complexity index is 964. The first kappa shape index (κ1) is 51.5. The Morgan fingerprint density at radius 2 is 1.02 bits per heavy atom. The lowest BCUT2D eigenvalue weighted by Crippen LogP contribution is -2.37. The zero-order chi connectivity index (χ0) is 39.3. The van der Waals surface area contributed by atoms with Crippen molar-refractivity contribution in [1.29, 1.82) is 0 Å². The number of likely N-dealkylation sites (N-methyl/N-ethyl adjacent to an activating group) is 1. The van der Waals surface area contributed by atoms with Crippen LogP contribution in [0.4, 0.5) is 0 Å². The van der Waals surface area contributed by atoms with Crippen LogP contribution >= 0.6 is 7.82 Å². The second-order valence-corrected chi connectivity index (χ2v) is 17.2. The summed E-state index contributed by atoms with van der Waals surface area (Å²) < 4.78 is 34.3. The van der Waals surface area contributed by atoms with Crippen LogP contribution in [0.15, 0.2) is 24.3 Å². The minimum Gasteiger partial charge on any atom is -0.462 e. The van der Waals surface area contributed by atoms with Crippen LogP contribution < -0.4 is 0 Å². The van der Waals surface area contributed by atoms with Crippen molar-refractivity contribution < 1.29 is 42.1 Å². The Balaban J connectivity index is 4.39. The second-order valence-electron chi connectivity index (χ2n) is 15.7. The highest BCUT2D eigenvalue weighted by Crippen LogP contribution is 2.43. The maximum absolute atomic E-state index is 12.7. The lowest BCUT2D eigenvalue weighted by atomic mass is 10.0. The van der Waals surface area contributed by atoms with Gasteiger partial charge in [-0.15, -0.1) is 0 Å². The van der Waals surface area contributed by atoms with E-state index < -0.39 is 26.5 Å². The normalized spacial score (nSPS) is 13.8. The number of nitrogens with zero attached hydrogens (tertiary/aromatic N) is 1. The van der Waals surface area contributed by atoms with Crippen LogP contribution in [0, 0.1) is 0 Å². The molecule has 1 unspecified atom stereocenters. The quantitative estimate of drug-likeness (QED) is 0.0216. The summed E-state index contributed by atoms with van der Waals surface area (Å²) in [5.41, 5.74) is 0. The van der Waals surface area contributed by atoms with Gasteiger partial charge in [0.25, 0.3) is 0 Å². The highest BCUT2D eigenvalue weighted by Gasteiger charge is 2.27. The standard InChI is InChI=1S/C43H82NO8P/c1-6-8-10-12-14-16-18-20-22-24-26-28-30-32-34-36-43(46)52-41(40-51-53(47,48)50-38-37-44(3,4)5)39-49-42(45)35-33-31-29-27-25-23-21-19-17-15-13-11-9-7-2/h14,16,20,22,41H,6-13,15,17-19,21,23-40H2,1-5H3/p+1/b16-14+,22-20+/t41-/m1/s1. The molecule has 312 valence electrons. The van der Waals surface area contributed by atoms with Crippen molar-refractivity contribution in [2.24, 2.45) is 0 Å². The van der Waals surface area contributed by atoms with E-state index in [9.17, 15) is 19.0 Å². The molecule has 10 heteroatoms. The minimum atomic E-state index is -4.37. The van der Waals surface area contributed by atoms with Gasteiger partial charge < -0.3 is 18.9 Å². The number of phosphoric acid groups is 1. The molecule has 0 aromatic heterocycles. The summed E-state index contributed by atoms with van der Waals surface area (Å²) in [4.78, 5) is 35.3. The molecule has 0 rings (SSSR count). The highest BCUT2D eigenvalue weighted by atomic mass is 31.2. The van der Waals surface area contributed by atoms with Gasteiger partial charge in [0.1, 0.15) is 19.8 Å². The number of hydrogen-bond donors (Lipinski definition) is 1. The lowest BCUT2D eigenvalue weighted by molar-refractivity contribution is -0.870. The summed E-state index contributed by atoms with van der Waals surface area (Å²) in [7, 11) is 1.47. The number of quaternary nitrogens is 1. The molecule has 0 bridgehead atoms. The third-order valence-corrected chi connectivity index (χ3v) is 10.2. The summed E-state index contributed by atoms with van der Waals surface area (Å²) in [6.45, 7) is 4.39. The fraction of sp³-hybridized carbons (Fsp3) is 0.860. The Kier molecular flexibility index (Phi) is 35.1. The summed E-state index contributed by atoms with van der Waals surface area (Å²) in [5.74, 6) is -0.809. The smallest absolute Gasteiger partial charge is 0.462 e. The first-order chi connectivity index (χ1) is 25.5. The Hall–Kier alpha value is -1.51. The minimum absolute atomic E-state index is 0.0305. The molecule has 0 radical (unpaired) electrons. The number of rotatable bonds is 39. The molecule has 0 aliphatic heterocycles. The van der Waals surface area contributed by atoms with E-state index in [0.717, 1.165) is 57.8 Å². The summed E-state index contributed by atoms with van der Waals surface area (Å²) >= 11 is 0. The van der Waals surface area contributed by atoms with Gasteiger partial charge in [0, 0.05) is 12.8 Å². The molecule has 53 heavy (non-hydrogen) atoms. The van der Waals surface area contributed by atoms with Crippen molar-refractivity contribution in [1.82, 2.24) is 0 Å². The van der Waals surface area contributed by atoms with Crippen LogP contribution in [-0.2, 0) is 32.7 Å². The van der Waals surface area contributed by atoms with Gasteiger partial charge in [0.05, 0.1) is 27.7 Å². The molecule has 2 atom stereocenters. The van der Waals surface area contributed by atoms with Gasteiger partial charge in [0.2, 0.25) is 0 Å². The average Bonchev–Trinajstić information content (AvgIpc) is 3.10. The Morgan fingerprint density at radius 1 is 0.585 bits per heavy atom. The number of carbonyl (C=O) groups is 2. The van der Waals surface area contributed by atoms with Gasteiger partial charge in [-0.3, -0.25) is 18.6 Å². The lowest BCUT2D eigenvalue weighted by Gasteiger charge is -2.24. The van der Waals surface area contributed by atoms with E-state index in [-0.39, 0.29) is 32.0 Å². The van der Waals surface area contributed by atoms with Crippen molar-refractivity contribution in [2.45, 2.75) is 193 Å². The maximum atomic E-state index is 12.7. The molecule has 0 aromatic carbocycles. The number of ether oxygens (including phenoxy) is 2. The van der Waals surface area contributed by atoms with E-state index in [1.54, 1.807) is 0 Å². The van der Waals surface area contributed by atoms with Crippen LogP contribution in [0.5, 0.6) is 0 Å². The van der Waals surface area contributed by atoms with Gasteiger partial charge in [-0.25, -0.2) is 4.57 Å². The van der Waals surface area contributed by atoms with Crippen molar-refractivity contribution in [2.75, 3.05) is 47.5 Å². The number of carbonyl (C=O) groups excluding carboxylic acids is 2. The van der Waals surface area contributed by atoms with E-state index in [1.807, 2.05) is 21.1 Å². The highest BCUT2D eigenvalue weighted by molar-refractivity contribution is 7.47. The SMILES string of the molecule is CCCCC/C=C/C/C=C/CCCCCCCC(=O)O[C@H](COC(=O)CCCCCCCCCCCCCCCC)COP(=O)(O)OCC[N+](C)(C)C. The summed E-state index contributed by atoms with van der Waals surface area (Å²) in [5, 5.41) is 0. The van der Waals surface area contributed by atoms with Crippen molar-refractivity contribution in [3.63, 3.8) is 0 Å². The number of phosphoric ester groups is 1. The number of allylic oxidation sites excluding steroid dienone is 4. The Labute approximate surface area is 326 Å². The van der Waals surface area contributed by atoms with Crippen LogP contribution in [-0.4, -0.2) is 74.9 Å². The molecular formula is C43H83NO8P+. The second kappa shape index (κ2) is 36.1. The van der Waals surface area contributed by atoms with Gasteiger partial charge in [-0.2, -0.15) is 0 Å². The van der Waals surface area contributed by atoms with E-state index in [2.05, 4.69) is 38.2 Å². The molecular weight excluding hydrogens is 689 g/mol. The summed E-state index contributed by atoms with van der Waals surface area (Å²) in [6, 6.07) is 0. The van der Waals surface area contributed by atoms with Crippen molar-refractivity contribution in [3.8, 4) is 0 Å². The van der Waals surface area contributed by atoms with Crippen LogP contribution in [0.1, 0.15) is 187 Å². The zero-order valence-electron chi connectivity index (χ0n) is 35.0. The van der Waals surface area contributed by atoms with E-state index >= 15 is 0 Å². The van der Waals surface area contributed by atoms with E-state index in [0.29, 0.717) is 17.4 Å². The van der Waals surface area contributed by atoms with Gasteiger partial charge in [-0.05, 0) is 44.9 Å². The largest absolute Gasteiger partial charge is 0.472 e. The molecule has 0 heterocycles. The first-order valence-electron chi connectivity index (χ1n) is 21.6. The monoisotopic (exact) mass is 773 g/mol. The number of esters is 2. The molecule has 0 saturated heterocycles. The molecule has 0 aromatic rings. The van der Waals surface area contributed by atoms with Crippen LogP contribution in [0.2, 0.25) is 0 Å². The van der Waals surface area contributed by atoms with Gasteiger partial charge in [0.15, 0.2) is 6.10 Å². The predicted molar refractivity (Wildman–Crippen MR) is 220 cm³/mol. The van der Waals surface area contributed by atoms with Crippen molar-refractivity contribution >= 4 is 19.8 Å². The van der Waals surface area contributed by atoms with E-state index in [1.165, 1.54) is 96.3 Å². The molecule has 0 aliphatic carbocycles. The molecule has 0 amide bonds.